The van der Waals surface area contributed by atoms with Crippen molar-refractivity contribution < 1.29 is 0 Å². The van der Waals surface area contributed by atoms with Crippen LogP contribution in [0.1, 0.15) is 12.1 Å². The predicted molar refractivity (Wildman–Crippen MR) is 166 cm³/mol. The van der Waals surface area contributed by atoms with Gasteiger partial charge in [0, 0.05) is 59.8 Å². The zero-order chi connectivity index (χ0) is 28.1. The number of nitrogens with zero attached hydrogens (tertiary/aromatic N) is 7. The third-order valence-corrected chi connectivity index (χ3v) is 6.96. The quantitative estimate of drug-likeness (QED) is 0.220. The van der Waals surface area contributed by atoms with E-state index in [9.17, 15) is 0 Å². The SMILES string of the molecule is C1=NCCC=C1c1cccc(-c2cc(-c3cccc(-c4cccnc4)n3)cc(-c3cccc(-c4cccnc4)n3)n2)n1. The second kappa shape index (κ2) is 11.4. The number of aromatic nitrogens is 6. The molecule has 7 nitrogen and oxygen atoms in total. The van der Waals surface area contributed by atoms with Gasteiger partial charge < -0.3 is 0 Å². The largest absolute Gasteiger partial charge is 0.292 e. The average molecular weight is 544 g/mol. The molecule has 0 saturated heterocycles. The van der Waals surface area contributed by atoms with Crippen molar-refractivity contribution in [2.45, 2.75) is 6.42 Å². The normalized spacial score (nSPS) is 12.6. The third kappa shape index (κ3) is 5.36. The molecule has 0 spiro atoms. The van der Waals surface area contributed by atoms with Crippen LogP contribution in [0.4, 0.5) is 0 Å². The first kappa shape index (κ1) is 25.3. The highest BCUT2D eigenvalue weighted by Gasteiger charge is 2.14. The monoisotopic (exact) mass is 543 g/mol. The number of aliphatic imine (C=N–C) groups is 1. The van der Waals surface area contributed by atoms with Crippen molar-refractivity contribution in [2.75, 3.05) is 6.54 Å². The fourth-order valence-corrected chi connectivity index (χ4v) is 4.88. The summed E-state index contributed by atoms with van der Waals surface area (Å²) in [5, 5.41) is 0. The van der Waals surface area contributed by atoms with Gasteiger partial charge in [-0.15, -0.1) is 0 Å². The molecule has 200 valence electrons. The first-order valence-electron chi connectivity index (χ1n) is 13.8. The van der Waals surface area contributed by atoms with Crippen molar-refractivity contribution in [2.24, 2.45) is 4.99 Å². The maximum atomic E-state index is 5.07. The van der Waals surface area contributed by atoms with Gasteiger partial charge in [0.05, 0.1) is 45.6 Å². The Morgan fingerprint density at radius 2 is 0.952 bits per heavy atom. The van der Waals surface area contributed by atoms with Gasteiger partial charge in [-0.2, -0.15) is 0 Å². The van der Waals surface area contributed by atoms with Crippen molar-refractivity contribution in [1.29, 1.82) is 0 Å². The Labute approximate surface area is 243 Å². The minimum atomic E-state index is 0.729. The standard InChI is InChI=1S/C35H25N7/c1-10-28(24-7-4-16-36-21-24)39-31(13-1)27-19-34(32-14-2-11-29(40-32)25-8-5-17-37-22-25)42-35(20-27)33-15-3-12-30(41-33)26-9-6-18-38-23-26/h1-5,7-17,19-23H,6,18H2. The van der Waals surface area contributed by atoms with E-state index in [1.807, 2.05) is 110 Å². The highest BCUT2D eigenvalue weighted by atomic mass is 14.8. The van der Waals surface area contributed by atoms with Crippen molar-refractivity contribution in [3.05, 3.63) is 128 Å². The van der Waals surface area contributed by atoms with E-state index < -0.39 is 0 Å². The summed E-state index contributed by atoms with van der Waals surface area (Å²) in [5.41, 5.74) is 10.2. The Balaban J connectivity index is 1.37. The van der Waals surface area contributed by atoms with E-state index in [2.05, 4.69) is 21.0 Å². The number of pyridine rings is 6. The summed E-state index contributed by atoms with van der Waals surface area (Å²) in [6.07, 6.45) is 12.1. The summed E-state index contributed by atoms with van der Waals surface area (Å²) in [7, 11) is 0. The van der Waals surface area contributed by atoms with Crippen LogP contribution < -0.4 is 0 Å². The topological polar surface area (TPSA) is 89.7 Å². The predicted octanol–water partition coefficient (Wildman–Crippen LogP) is 7.25. The van der Waals surface area contributed by atoms with Gasteiger partial charge in [-0.3, -0.25) is 15.0 Å². The first-order valence-corrected chi connectivity index (χ1v) is 13.8. The molecule has 0 radical (unpaired) electrons. The van der Waals surface area contributed by atoms with Gasteiger partial charge in [-0.05, 0) is 79.2 Å². The second-order valence-corrected chi connectivity index (χ2v) is 9.82. The number of allylic oxidation sites excluding steroid dienone is 1. The first-order chi connectivity index (χ1) is 20.8. The lowest BCUT2D eigenvalue weighted by Crippen LogP contribution is -2.00. The molecule has 7 heteroatoms. The van der Waals surface area contributed by atoms with Crippen LogP contribution in [0.15, 0.2) is 127 Å². The molecule has 1 aliphatic heterocycles. The van der Waals surface area contributed by atoms with E-state index >= 15 is 0 Å². The molecule has 6 aromatic heterocycles. The number of hydrogen-bond donors (Lipinski definition) is 0. The van der Waals surface area contributed by atoms with E-state index in [-0.39, 0.29) is 0 Å². The van der Waals surface area contributed by atoms with Crippen molar-refractivity contribution in [1.82, 2.24) is 29.9 Å². The highest BCUT2D eigenvalue weighted by molar-refractivity contribution is 6.09. The molecule has 0 aromatic carbocycles. The number of dihydropyridines is 1. The van der Waals surface area contributed by atoms with E-state index in [1.165, 1.54) is 0 Å². The van der Waals surface area contributed by atoms with Crippen LogP contribution in [0.3, 0.4) is 0 Å². The summed E-state index contributed by atoms with van der Waals surface area (Å²) >= 11 is 0. The zero-order valence-electron chi connectivity index (χ0n) is 22.7. The van der Waals surface area contributed by atoms with E-state index in [1.54, 1.807) is 12.4 Å². The lowest BCUT2D eigenvalue weighted by Gasteiger charge is -2.12. The minimum absolute atomic E-state index is 0.729. The van der Waals surface area contributed by atoms with Crippen molar-refractivity contribution >= 4 is 11.8 Å². The van der Waals surface area contributed by atoms with Gasteiger partial charge in [-0.1, -0.05) is 24.3 Å². The molecule has 1 aliphatic rings. The van der Waals surface area contributed by atoms with Gasteiger partial charge in [0.15, 0.2) is 0 Å². The van der Waals surface area contributed by atoms with Crippen molar-refractivity contribution in [3.8, 4) is 56.5 Å². The lowest BCUT2D eigenvalue weighted by molar-refractivity contribution is 1.00. The van der Waals surface area contributed by atoms with Crippen LogP contribution in [0.5, 0.6) is 0 Å². The van der Waals surface area contributed by atoms with Gasteiger partial charge in [0.2, 0.25) is 0 Å². The van der Waals surface area contributed by atoms with Gasteiger partial charge >= 0.3 is 0 Å². The van der Waals surface area contributed by atoms with Crippen LogP contribution in [0, 0.1) is 0 Å². The summed E-state index contributed by atoms with van der Waals surface area (Å²) < 4.78 is 0. The van der Waals surface area contributed by atoms with Crippen LogP contribution in [-0.4, -0.2) is 42.7 Å². The number of hydrogen-bond acceptors (Lipinski definition) is 7. The summed E-state index contributed by atoms with van der Waals surface area (Å²) in [5.74, 6) is 0. The molecular formula is C35H25N7. The Morgan fingerprint density at radius 1 is 0.452 bits per heavy atom. The molecular weight excluding hydrogens is 518 g/mol. The fraction of sp³-hybridized carbons (Fsp3) is 0.0571. The molecule has 42 heavy (non-hydrogen) atoms. The molecule has 0 bridgehead atoms. The number of rotatable bonds is 6. The molecule has 0 unspecified atom stereocenters. The highest BCUT2D eigenvalue weighted by Crippen LogP contribution is 2.31. The summed E-state index contributed by atoms with van der Waals surface area (Å²) in [6, 6.07) is 29.9. The van der Waals surface area contributed by atoms with E-state index in [0.29, 0.717) is 0 Å². The molecule has 0 atom stereocenters. The average Bonchev–Trinajstić information content (AvgIpc) is 3.09. The van der Waals surface area contributed by atoms with Crippen LogP contribution in [-0.2, 0) is 0 Å². The minimum Gasteiger partial charge on any atom is -0.292 e. The Kier molecular flexibility index (Phi) is 6.88. The van der Waals surface area contributed by atoms with Crippen molar-refractivity contribution in [3.63, 3.8) is 0 Å². The summed E-state index contributed by atoms with van der Waals surface area (Å²) in [6.45, 7) is 0.812. The van der Waals surface area contributed by atoms with Crippen LogP contribution in [0.2, 0.25) is 0 Å². The molecule has 0 amide bonds. The molecule has 6 aromatic rings. The van der Waals surface area contributed by atoms with Crippen LogP contribution >= 0.6 is 0 Å². The summed E-state index contributed by atoms with van der Waals surface area (Å²) in [4.78, 5) is 33.0. The molecule has 7 rings (SSSR count). The molecule has 0 saturated carbocycles. The van der Waals surface area contributed by atoms with Gasteiger partial charge in [0.1, 0.15) is 0 Å². The molecule has 0 fully saturated rings. The maximum Gasteiger partial charge on any atom is 0.0901 e. The van der Waals surface area contributed by atoms with E-state index in [4.69, 9.17) is 19.9 Å². The molecule has 0 aliphatic carbocycles. The van der Waals surface area contributed by atoms with E-state index in [0.717, 1.165) is 80.8 Å². The Morgan fingerprint density at radius 3 is 1.50 bits per heavy atom. The van der Waals surface area contributed by atoms with Crippen LogP contribution in [0.25, 0.3) is 62.1 Å². The smallest absolute Gasteiger partial charge is 0.0901 e. The second-order valence-electron chi connectivity index (χ2n) is 9.82. The fourth-order valence-electron chi connectivity index (χ4n) is 4.88. The molecule has 0 N–H and O–H groups in total. The maximum absolute atomic E-state index is 5.07. The third-order valence-electron chi connectivity index (χ3n) is 6.96. The molecule has 7 heterocycles. The zero-order valence-corrected chi connectivity index (χ0v) is 22.7. The van der Waals surface area contributed by atoms with Gasteiger partial charge in [-0.25, -0.2) is 19.9 Å². The Bertz CT molecular complexity index is 1830. The Hall–Kier alpha value is -5.69. The van der Waals surface area contributed by atoms with Gasteiger partial charge in [0.25, 0.3) is 0 Å². The lowest BCUT2D eigenvalue weighted by atomic mass is 10.0.